The summed E-state index contributed by atoms with van der Waals surface area (Å²) in [6, 6.07) is 4.24. The van der Waals surface area contributed by atoms with Crippen LogP contribution in [-0.4, -0.2) is 232 Å². The number of rotatable bonds is 33. The van der Waals surface area contributed by atoms with Crippen molar-refractivity contribution < 1.29 is 72.7 Å². The maximum Gasteiger partial charge on any atom is 0.317 e. The highest BCUT2D eigenvalue weighted by molar-refractivity contribution is 6.31. The second kappa shape index (κ2) is 35.1. The van der Waals surface area contributed by atoms with Gasteiger partial charge in [-0.05, 0) is 24.5 Å². The van der Waals surface area contributed by atoms with Crippen LogP contribution in [0.3, 0.4) is 0 Å². The lowest BCUT2D eigenvalue weighted by molar-refractivity contribution is -0.141. The lowest BCUT2D eigenvalue weighted by Crippen LogP contribution is -2.51. The van der Waals surface area contributed by atoms with Gasteiger partial charge in [-0.15, -0.1) is 0 Å². The molecule has 1 aromatic rings. The van der Waals surface area contributed by atoms with E-state index in [0.29, 0.717) is 128 Å². The number of nitrogens with one attached hydrogen (secondary N) is 4. The van der Waals surface area contributed by atoms with Crippen LogP contribution >= 0.6 is 11.6 Å². The molecular formula is C43H67ClN8O15. The second-order valence-electron chi connectivity index (χ2n) is 15.6. The largest absolute Gasteiger partial charge is 0.481 e. The van der Waals surface area contributed by atoms with Crippen molar-refractivity contribution in [3.05, 3.63) is 34.9 Å². The molecule has 0 spiro atoms. The van der Waals surface area contributed by atoms with Crippen LogP contribution in [0.2, 0.25) is 5.02 Å². The zero-order valence-electron chi connectivity index (χ0n) is 37.9. The van der Waals surface area contributed by atoms with E-state index in [9.17, 15) is 58.5 Å². The SMILES string of the molecule is O=CCN1CCN(CC(=O)O)CCN(CC(=O)O)CCN(CC(=O)NCCCOCCOCCOCCCNC(=O)CCC(=O)NC(CC(=O)O)C(=O)NC(C=O)Cc2ccccc2Cl)CC1. The highest BCUT2D eigenvalue weighted by Crippen LogP contribution is 2.16. The minimum Gasteiger partial charge on any atom is -0.481 e. The van der Waals surface area contributed by atoms with E-state index in [2.05, 4.69) is 21.3 Å². The Morgan fingerprint density at radius 3 is 1.58 bits per heavy atom. The number of aliphatic carboxylic acids is 3. The number of halogens is 1. The van der Waals surface area contributed by atoms with Crippen LogP contribution in [-0.2, 0) is 63.8 Å². The molecule has 23 nitrogen and oxygen atoms in total. The van der Waals surface area contributed by atoms with Crippen LogP contribution in [0.1, 0.15) is 37.7 Å². The Morgan fingerprint density at radius 1 is 0.612 bits per heavy atom. The lowest BCUT2D eigenvalue weighted by atomic mass is 10.1. The fraction of sp³-hybridized carbons (Fsp3) is 0.651. The van der Waals surface area contributed by atoms with E-state index >= 15 is 0 Å². The standard InChI is InChI=1S/C43H67ClN8O15/c44-35-6-2-1-5-33(35)27-34(32-54)47-43(64)36(28-40(58)59)48-38(56)8-7-37(55)45-9-3-21-65-23-25-67-26-24-66-22-4-10-46-39(57)29-50-13-11-49(19-20-53)12-14-51(30-41(60)61)17-18-52(16-15-50)31-42(62)63/h1-2,5-6,20,32,34,36H,3-4,7-19,21-31H2,(H,45,55)(H,46,57)(H,47,64)(H,48,56)(H,58,59)(H,60,61)(H,62,63). The first-order chi connectivity index (χ1) is 32.2. The Morgan fingerprint density at radius 2 is 1.09 bits per heavy atom. The van der Waals surface area contributed by atoms with Crippen molar-refractivity contribution in [2.45, 2.75) is 50.6 Å². The monoisotopic (exact) mass is 970 g/mol. The summed E-state index contributed by atoms with van der Waals surface area (Å²) in [5, 5.41) is 38.7. The molecule has 1 aliphatic heterocycles. The quantitative estimate of drug-likeness (QED) is 0.0295. The molecule has 1 aromatic carbocycles. The van der Waals surface area contributed by atoms with Gasteiger partial charge in [0.25, 0.3) is 0 Å². The maximum absolute atomic E-state index is 12.8. The van der Waals surface area contributed by atoms with Crippen molar-refractivity contribution in [2.75, 3.05) is 131 Å². The third-order valence-electron chi connectivity index (χ3n) is 10.2. The molecule has 2 unspecified atom stereocenters. The number of carboxylic acids is 3. The number of nitrogens with zero attached hydrogens (tertiary/aromatic N) is 4. The van der Waals surface area contributed by atoms with Gasteiger partial charge in [-0.25, -0.2) is 0 Å². The molecule has 0 aliphatic carbocycles. The molecule has 0 aromatic heterocycles. The highest BCUT2D eigenvalue weighted by atomic mass is 35.5. The van der Waals surface area contributed by atoms with E-state index in [0.717, 1.165) is 6.29 Å². The van der Waals surface area contributed by atoms with Crippen molar-refractivity contribution in [3.8, 4) is 0 Å². The average molecular weight is 972 g/mol. The van der Waals surface area contributed by atoms with Gasteiger partial charge in [-0.2, -0.15) is 0 Å². The molecule has 0 bridgehead atoms. The first-order valence-corrected chi connectivity index (χ1v) is 22.6. The van der Waals surface area contributed by atoms with Crippen LogP contribution in [0.25, 0.3) is 0 Å². The van der Waals surface area contributed by atoms with Gasteiger partial charge in [0.1, 0.15) is 18.6 Å². The molecular weight excluding hydrogens is 904 g/mol. The predicted molar refractivity (Wildman–Crippen MR) is 241 cm³/mol. The van der Waals surface area contributed by atoms with E-state index < -0.39 is 54.1 Å². The van der Waals surface area contributed by atoms with Crippen LogP contribution in [0.5, 0.6) is 0 Å². The molecule has 2 atom stereocenters. The summed E-state index contributed by atoms with van der Waals surface area (Å²) in [5.41, 5.74) is 0.595. The second-order valence-corrected chi connectivity index (χ2v) is 16.0. The number of hydrogen-bond donors (Lipinski definition) is 7. The molecule has 376 valence electrons. The van der Waals surface area contributed by atoms with Crippen molar-refractivity contribution in [1.82, 2.24) is 40.9 Å². The molecule has 7 N–H and O–H groups in total. The molecule has 1 heterocycles. The molecule has 1 aliphatic rings. The molecule has 0 saturated carbocycles. The van der Waals surface area contributed by atoms with E-state index in [1.165, 1.54) is 0 Å². The summed E-state index contributed by atoms with van der Waals surface area (Å²) < 4.78 is 16.6. The number of benzene rings is 1. The van der Waals surface area contributed by atoms with E-state index in [1.54, 1.807) is 34.1 Å². The fourth-order valence-corrected chi connectivity index (χ4v) is 6.82. The lowest BCUT2D eigenvalue weighted by Gasteiger charge is -2.32. The molecule has 1 saturated heterocycles. The third kappa shape index (κ3) is 28.6. The first-order valence-electron chi connectivity index (χ1n) is 22.2. The Labute approximate surface area is 395 Å². The first kappa shape index (κ1) is 58.0. The molecule has 67 heavy (non-hydrogen) atoms. The molecule has 0 radical (unpaired) electrons. The summed E-state index contributed by atoms with van der Waals surface area (Å²) in [6.07, 6.45) is 1.15. The average Bonchev–Trinajstić information content (AvgIpc) is 3.27. The zero-order chi connectivity index (χ0) is 49.2. The number of amides is 4. The van der Waals surface area contributed by atoms with Gasteiger partial charge in [0.2, 0.25) is 23.6 Å². The topological polar surface area (TPSA) is 303 Å². The minimum absolute atomic E-state index is 0.0614. The van der Waals surface area contributed by atoms with Crippen molar-refractivity contribution >= 4 is 65.7 Å². The Bertz CT molecular complexity index is 1710. The van der Waals surface area contributed by atoms with Crippen molar-refractivity contribution in [2.24, 2.45) is 0 Å². The zero-order valence-corrected chi connectivity index (χ0v) is 38.7. The van der Waals surface area contributed by atoms with Crippen molar-refractivity contribution in [1.29, 1.82) is 0 Å². The van der Waals surface area contributed by atoms with Crippen molar-refractivity contribution in [3.63, 3.8) is 0 Å². The van der Waals surface area contributed by atoms with Crippen LogP contribution in [0.4, 0.5) is 0 Å². The number of carbonyl (C=O) groups is 9. The van der Waals surface area contributed by atoms with Gasteiger partial charge < -0.3 is 60.4 Å². The van der Waals surface area contributed by atoms with Gasteiger partial charge >= 0.3 is 17.9 Å². The number of carbonyl (C=O) groups excluding carboxylic acids is 6. The third-order valence-corrected chi connectivity index (χ3v) is 10.5. The smallest absolute Gasteiger partial charge is 0.317 e. The molecule has 4 amide bonds. The number of ether oxygens (including phenoxy) is 3. The van der Waals surface area contributed by atoms with Gasteiger partial charge in [-0.3, -0.25) is 53.2 Å². The molecule has 1 fully saturated rings. The highest BCUT2D eigenvalue weighted by Gasteiger charge is 2.27. The summed E-state index contributed by atoms with van der Waals surface area (Å²) in [4.78, 5) is 115. The van der Waals surface area contributed by atoms with Crippen LogP contribution in [0, 0.1) is 0 Å². The Hall–Kier alpha value is -5.14. The Balaban J connectivity index is 1.54. The predicted octanol–water partition coefficient (Wildman–Crippen LogP) is -2.04. The Kier molecular flexibility index (Phi) is 30.3. The summed E-state index contributed by atoms with van der Waals surface area (Å²) in [6.45, 7) is 5.70. The normalized spacial score (nSPS) is 15.5. The van der Waals surface area contributed by atoms with Crippen LogP contribution in [0.15, 0.2) is 24.3 Å². The van der Waals surface area contributed by atoms with E-state index in [-0.39, 0.29) is 57.9 Å². The summed E-state index contributed by atoms with van der Waals surface area (Å²) >= 11 is 6.13. The summed E-state index contributed by atoms with van der Waals surface area (Å²) in [7, 11) is 0. The minimum atomic E-state index is -1.47. The summed E-state index contributed by atoms with van der Waals surface area (Å²) in [5.74, 6) is -5.55. The fourth-order valence-electron chi connectivity index (χ4n) is 6.61. The van der Waals surface area contributed by atoms with Gasteiger partial charge in [0.05, 0.1) is 65.1 Å². The molecule has 2 rings (SSSR count). The van der Waals surface area contributed by atoms with Gasteiger partial charge in [-0.1, -0.05) is 29.8 Å². The number of hydrogen-bond acceptors (Lipinski definition) is 16. The number of carboxylic acid groups (broad SMARTS) is 3. The van der Waals surface area contributed by atoms with Gasteiger partial charge in [0.15, 0.2) is 0 Å². The van der Waals surface area contributed by atoms with Gasteiger partial charge in [0, 0.05) is 103 Å². The molecule has 24 heteroatoms. The van der Waals surface area contributed by atoms with E-state index in [4.69, 9.17) is 25.8 Å². The van der Waals surface area contributed by atoms with Crippen LogP contribution < -0.4 is 21.3 Å². The number of aldehydes is 2. The maximum atomic E-state index is 12.8. The van der Waals surface area contributed by atoms with E-state index in [1.807, 2.05) is 9.80 Å².